The van der Waals surface area contributed by atoms with Gasteiger partial charge in [-0.25, -0.2) is 0 Å². The van der Waals surface area contributed by atoms with Crippen LogP contribution in [-0.4, -0.2) is 85.6 Å². The maximum atomic E-state index is 5.42. The molecule has 0 bridgehead atoms. The molecular formula is C9H20NaO5Si. The third-order valence-electron chi connectivity index (χ3n) is 2.41. The van der Waals surface area contributed by atoms with E-state index < -0.39 is 8.80 Å². The van der Waals surface area contributed by atoms with Gasteiger partial charge < -0.3 is 22.8 Å². The summed E-state index contributed by atoms with van der Waals surface area (Å²) >= 11 is 0. The fourth-order valence-electron chi connectivity index (χ4n) is 1.33. The van der Waals surface area contributed by atoms with E-state index in [9.17, 15) is 0 Å². The van der Waals surface area contributed by atoms with Crippen molar-refractivity contribution in [2.45, 2.75) is 18.6 Å². The van der Waals surface area contributed by atoms with Crippen molar-refractivity contribution in [2.75, 3.05) is 41.2 Å². The molecule has 0 spiro atoms. The topological polar surface area (TPSA) is 49.5 Å². The molecule has 1 unspecified atom stereocenters. The van der Waals surface area contributed by atoms with Gasteiger partial charge >= 0.3 is 8.80 Å². The van der Waals surface area contributed by atoms with E-state index in [-0.39, 0.29) is 29.6 Å². The minimum atomic E-state index is -2.39. The van der Waals surface area contributed by atoms with Crippen LogP contribution in [0.1, 0.15) is 6.42 Å². The molecule has 1 heterocycles. The molecule has 16 heavy (non-hydrogen) atoms. The third-order valence-corrected chi connectivity index (χ3v) is 5.24. The van der Waals surface area contributed by atoms with E-state index in [2.05, 4.69) is 0 Å². The van der Waals surface area contributed by atoms with Crippen LogP contribution in [0, 0.1) is 0 Å². The summed E-state index contributed by atoms with van der Waals surface area (Å²) in [6.07, 6.45) is 1.22. The number of hydrogen-bond donors (Lipinski definition) is 0. The molecule has 0 aromatic heterocycles. The summed E-state index contributed by atoms with van der Waals surface area (Å²) in [7, 11) is 2.48. The Morgan fingerprint density at radius 2 is 1.75 bits per heavy atom. The van der Waals surface area contributed by atoms with Gasteiger partial charge in [-0.1, -0.05) is 0 Å². The van der Waals surface area contributed by atoms with Crippen LogP contribution < -0.4 is 0 Å². The van der Waals surface area contributed by atoms with Gasteiger partial charge in [-0.2, -0.15) is 0 Å². The van der Waals surface area contributed by atoms with E-state index in [1.807, 2.05) is 0 Å². The van der Waals surface area contributed by atoms with Crippen molar-refractivity contribution in [1.29, 1.82) is 0 Å². The number of epoxide rings is 1. The van der Waals surface area contributed by atoms with Crippen LogP contribution in [0.2, 0.25) is 6.04 Å². The first-order chi connectivity index (χ1) is 7.26. The molecule has 7 heteroatoms. The van der Waals surface area contributed by atoms with E-state index in [1.165, 1.54) is 0 Å². The van der Waals surface area contributed by atoms with Gasteiger partial charge in [0.2, 0.25) is 0 Å². The number of rotatable bonds is 9. The summed E-state index contributed by atoms with van der Waals surface area (Å²) in [5.41, 5.74) is 0. The molecule has 0 aromatic rings. The summed E-state index contributed by atoms with van der Waals surface area (Å²) in [5, 5.41) is 0. The fraction of sp³-hybridized carbons (Fsp3) is 1.00. The summed E-state index contributed by atoms with van der Waals surface area (Å²) < 4.78 is 26.3. The molecule has 5 nitrogen and oxygen atoms in total. The summed E-state index contributed by atoms with van der Waals surface area (Å²) in [4.78, 5) is 0. The predicted molar refractivity (Wildman–Crippen MR) is 62.5 cm³/mol. The van der Waals surface area contributed by atoms with Crippen LogP contribution >= 0.6 is 0 Å². The van der Waals surface area contributed by atoms with Gasteiger partial charge in [0.1, 0.15) is 6.10 Å². The Bertz CT molecular complexity index is 167. The fourth-order valence-corrected chi connectivity index (χ4v) is 3.02. The van der Waals surface area contributed by atoms with E-state index in [0.29, 0.717) is 19.3 Å². The maximum absolute atomic E-state index is 5.42. The molecule has 1 aliphatic heterocycles. The standard InChI is InChI=1S/C9H20O5Si.Na/c1-10-15(11-2,12-3)6-4-5-13-7-9-8-14-9;/h9H,4-8H2,1-3H3;. The van der Waals surface area contributed by atoms with Crippen molar-refractivity contribution in [1.82, 2.24) is 0 Å². The molecule has 0 saturated carbocycles. The molecule has 0 aliphatic carbocycles. The first kappa shape index (κ1) is 17.0. The maximum Gasteiger partial charge on any atom is 0.500 e. The van der Waals surface area contributed by atoms with Crippen LogP contribution in [0.25, 0.3) is 0 Å². The quantitative estimate of drug-likeness (QED) is 0.338. The number of hydrogen-bond acceptors (Lipinski definition) is 5. The van der Waals surface area contributed by atoms with Crippen LogP contribution in [0.3, 0.4) is 0 Å². The second kappa shape index (κ2) is 9.01. The largest absolute Gasteiger partial charge is 0.500 e. The Balaban J connectivity index is 0.00000225. The van der Waals surface area contributed by atoms with Crippen molar-refractivity contribution in [2.24, 2.45) is 0 Å². The molecule has 0 amide bonds. The molecule has 1 aliphatic rings. The van der Waals surface area contributed by atoms with Gasteiger partial charge in [0.15, 0.2) is 0 Å². The normalized spacial score (nSPS) is 19.3. The van der Waals surface area contributed by atoms with Crippen LogP contribution in [0.4, 0.5) is 0 Å². The minimum Gasteiger partial charge on any atom is -0.379 e. The molecule has 91 valence electrons. The zero-order chi connectivity index (χ0) is 11.1. The van der Waals surface area contributed by atoms with Crippen molar-refractivity contribution >= 4 is 38.4 Å². The molecule has 0 aromatic carbocycles. The van der Waals surface area contributed by atoms with Crippen LogP contribution in [-0.2, 0) is 22.8 Å². The molecule has 0 N–H and O–H groups in total. The molecule has 1 atom stereocenters. The Kier molecular flexibility index (Phi) is 9.59. The molecule has 1 fully saturated rings. The third kappa shape index (κ3) is 6.09. The van der Waals surface area contributed by atoms with Gasteiger partial charge in [0.05, 0.1) is 13.2 Å². The number of ether oxygens (including phenoxy) is 2. The van der Waals surface area contributed by atoms with Gasteiger partial charge in [-0.05, 0) is 6.42 Å². The van der Waals surface area contributed by atoms with E-state index in [1.54, 1.807) is 21.3 Å². The SMILES string of the molecule is CO[Si](CCCOCC1CO1)(OC)OC.[Na]. The summed E-state index contributed by atoms with van der Waals surface area (Å²) in [5.74, 6) is 0. The molecule has 1 rings (SSSR count). The first-order valence-corrected chi connectivity index (χ1v) is 7.04. The smallest absolute Gasteiger partial charge is 0.379 e. The average molecular weight is 259 g/mol. The Morgan fingerprint density at radius 1 is 1.19 bits per heavy atom. The van der Waals surface area contributed by atoms with E-state index in [4.69, 9.17) is 22.8 Å². The predicted octanol–water partition coefficient (Wildman–Crippen LogP) is 0.289. The monoisotopic (exact) mass is 259 g/mol. The molecule has 1 radical (unpaired) electrons. The van der Waals surface area contributed by atoms with Gasteiger partial charge in [0, 0.05) is 63.5 Å². The van der Waals surface area contributed by atoms with Crippen molar-refractivity contribution < 1.29 is 22.8 Å². The average Bonchev–Trinajstić information content (AvgIpc) is 3.08. The Labute approximate surface area is 120 Å². The van der Waals surface area contributed by atoms with E-state index >= 15 is 0 Å². The van der Waals surface area contributed by atoms with E-state index in [0.717, 1.165) is 19.1 Å². The second-order valence-corrected chi connectivity index (χ2v) is 6.52. The zero-order valence-corrected chi connectivity index (χ0v) is 13.7. The zero-order valence-electron chi connectivity index (χ0n) is 10.7. The first-order valence-electron chi connectivity index (χ1n) is 5.11. The van der Waals surface area contributed by atoms with Crippen LogP contribution in [0.5, 0.6) is 0 Å². The summed E-state index contributed by atoms with van der Waals surface area (Å²) in [6.45, 7) is 2.24. The second-order valence-electron chi connectivity index (χ2n) is 3.43. The van der Waals surface area contributed by atoms with Crippen molar-refractivity contribution in [3.8, 4) is 0 Å². The van der Waals surface area contributed by atoms with Crippen molar-refractivity contribution in [3.05, 3.63) is 0 Å². The molecular weight excluding hydrogens is 239 g/mol. The summed E-state index contributed by atoms with van der Waals surface area (Å²) in [6, 6.07) is 0.780. The van der Waals surface area contributed by atoms with Gasteiger partial charge in [-0.15, -0.1) is 0 Å². The van der Waals surface area contributed by atoms with Gasteiger partial charge in [0.25, 0.3) is 0 Å². The van der Waals surface area contributed by atoms with Crippen LogP contribution in [0.15, 0.2) is 0 Å². The minimum absolute atomic E-state index is 0. The molecule has 1 saturated heterocycles. The van der Waals surface area contributed by atoms with Crippen molar-refractivity contribution in [3.63, 3.8) is 0 Å². The van der Waals surface area contributed by atoms with Gasteiger partial charge in [-0.3, -0.25) is 0 Å². The Morgan fingerprint density at radius 3 is 2.19 bits per heavy atom. The Hall–Kier alpha value is 1.02.